The number of hydrogen-bond acceptors (Lipinski definition) is 2. The Bertz CT molecular complexity index is 84.1. The van der Waals surface area contributed by atoms with Crippen LogP contribution in [0, 0.1) is 12.8 Å². The van der Waals surface area contributed by atoms with Crippen LogP contribution < -0.4 is 0 Å². The SMILES string of the molecule is [CH2]C(=O)C1COC1. The highest BCUT2D eigenvalue weighted by Gasteiger charge is 2.22. The van der Waals surface area contributed by atoms with Crippen molar-refractivity contribution in [1.82, 2.24) is 0 Å². The van der Waals surface area contributed by atoms with E-state index in [1.54, 1.807) is 0 Å². The third kappa shape index (κ3) is 0.800. The lowest BCUT2D eigenvalue weighted by atomic mass is 10.1. The molecule has 0 bridgehead atoms. The highest BCUT2D eigenvalue weighted by atomic mass is 16.5. The molecule has 1 rings (SSSR count). The smallest absolute Gasteiger partial charge is 0.141 e. The van der Waals surface area contributed by atoms with Gasteiger partial charge in [-0.15, -0.1) is 0 Å². The van der Waals surface area contributed by atoms with Gasteiger partial charge in [0.25, 0.3) is 0 Å². The second-order valence-corrected chi connectivity index (χ2v) is 1.70. The summed E-state index contributed by atoms with van der Waals surface area (Å²) >= 11 is 0. The Kier molecular flexibility index (Phi) is 1.11. The zero-order chi connectivity index (χ0) is 5.28. The van der Waals surface area contributed by atoms with Crippen LogP contribution in [0.15, 0.2) is 0 Å². The summed E-state index contributed by atoms with van der Waals surface area (Å²) < 4.78 is 4.74. The minimum Gasteiger partial charge on any atom is -0.380 e. The molecule has 1 heterocycles. The molecule has 0 aromatic rings. The summed E-state index contributed by atoms with van der Waals surface area (Å²) in [6.07, 6.45) is 0. The molecule has 39 valence electrons. The number of rotatable bonds is 1. The minimum absolute atomic E-state index is 0.00579. The van der Waals surface area contributed by atoms with Gasteiger partial charge in [0.05, 0.1) is 19.1 Å². The molecule has 0 amide bonds. The molecule has 1 saturated heterocycles. The molecule has 0 aromatic heterocycles. The van der Waals surface area contributed by atoms with E-state index >= 15 is 0 Å². The maximum atomic E-state index is 10.2. The second-order valence-electron chi connectivity index (χ2n) is 1.70. The summed E-state index contributed by atoms with van der Waals surface area (Å²) in [7, 11) is 0. The molecule has 0 atom stereocenters. The Morgan fingerprint density at radius 2 is 2.29 bits per heavy atom. The van der Waals surface area contributed by atoms with Gasteiger partial charge in [0.15, 0.2) is 0 Å². The number of carbonyl (C=O) groups is 1. The molecule has 1 fully saturated rings. The molecule has 1 aliphatic rings. The van der Waals surface area contributed by atoms with Gasteiger partial charge in [-0.2, -0.15) is 0 Å². The van der Waals surface area contributed by atoms with Crippen molar-refractivity contribution in [2.24, 2.45) is 5.92 Å². The monoisotopic (exact) mass is 99.0 g/mol. The van der Waals surface area contributed by atoms with E-state index in [0.29, 0.717) is 13.2 Å². The van der Waals surface area contributed by atoms with Gasteiger partial charge in [-0.1, -0.05) is 0 Å². The molecule has 0 saturated carbocycles. The summed E-state index contributed by atoms with van der Waals surface area (Å²) in [6, 6.07) is 0. The fraction of sp³-hybridized carbons (Fsp3) is 0.600. The van der Waals surface area contributed by atoms with E-state index in [2.05, 4.69) is 6.92 Å². The van der Waals surface area contributed by atoms with Crippen LogP contribution in [0.5, 0.6) is 0 Å². The van der Waals surface area contributed by atoms with Gasteiger partial charge < -0.3 is 4.74 Å². The summed E-state index contributed by atoms with van der Waals surface area (Å²) in [5.74, 6) is 0.117. The van der Waals surface area contributed by atoms with Crippen molar-refractivity contribution < 1.29 is 9.53 Å². The molecule has 0 N–H and O–H groups in total. The molecule has 0 aromatic carbocycles. The van der Waals surface area contributed by atoms with E-state index in [1.807, 2.05) is 0 Å². The lowest BCUT2D eigenvalue weighted by Crippen LogP contribution is -2.33. The van der Waals surface area contributed by atoms with Crippen molar-refractivity contribution in [2.45, 2.75) is 0 Å². The van der Waals surface area contributed by atoms with Crippen molar-refractivity contribution in [1.29, 1.82) is 0 Å². The first-order valence-corrected chi connectivity index (χ1v) is 2.24. The van der Waals surface area contributed by atoms with Crippen LogP contribution in [0.3, 0.4) is 0 Å². The maximum absolute atomic E-state index is 10.2. The number of carbonyl (C=O) groups excluding carboxylic acids is 1. The Labute approximate surface area is 42.5 Å². The van der Waals surface area contributed by atoms with E-state index < -0.39 is 0 Å². The summed E-state index contributed by atoms with van der Waals surface area (Å²) in [6.45, 7) is 4.41. The number of ether oxygens (including phenoxy) is 1. The molecule has 2 heteroatoms. The van der Waals surface area contributed by atoms with Gasteiger partial charge >= 0.3 is 0 Å². The Morgan fingerprint density at radius 1 is 1.71 bits per heavy atom. The van der Waals surface area contributed by atoms with Crippen LogP contribution in [-0.2, 0) is 9.53 Å². The first kappa shape index (κ1) is 4.78. The van der Waals surface area contributed by atoms with E-state index in [1.165, 1.54) is 0 Å². The number of hydrogen-bond donors (Lipinski definition) is 0. The summed E-state index contributed by atoms with van der Waals surface area (Å²) in [5.41, 5.74) is 0. The molecule has 1 aliphatic heterocycles. The van der Waals surface area contributed by atoms with Gasteiger partial charge in [-0.05, 0) is 0 Å². The van der Waals surface area contributed by atoms with E-state index in [0.717, 1.165) is 0 Å². The van der Waals surface area contributed by atoms with Crippen LogP contribution in [0.1, 0.15) is 0 Å². The van der Waals surface area contributed by atoms with Crippen LogP contribution in [0.25, 0.3) is 0 Å². The van der Waals surface area contributed by atoms with Crippen molar-refractivity contribution in [3.05, 3.63) is 6.92 Å². The predicted molar refractivity (Wildman–Crippen MR) is 24.7 cm³/mol. The molecule has 1 radical (unpaired) electrons. The quantitative estimate of drug-likeness (QED) is 0.463. The standard InChI is InChI=1S/C5H7O2/c1-4(6)5-2-7-3-5/h5H,1-3H2. The number of ketones is 1. The van der Waals surface area contributed by atoms with E-state index in [-0.39, 0.29) is 11.7 Å². The topological polar surface area (TPSA) is 26.3 Å². The fourth-order valence-electron chi connectivity index (χ4n) is 0.422. The molecule has 0 spiro atoms. The largest absolute Gasteiger partial charge is 0.380 e. The molecular weight excluding hydrogens is 92.1 g/mol. The minimum atomic E-state index is 0.00579. The third-order valence-electron chi connectivity index (χ3n) is 1.09. The fourth-order valence-corrected chi connectivity index (χ4v) is 0.422. The first-order valence-electron chi connectivity index (χ1n) is 2.24. The van der Waals surface area contributed by atoms with Gasteiger partial charge in [0.2, 0.25) is 0 Å². The zero-order valence-electron chi connectivity index (χ0n) is 4.02. The van der Waals surface area contributed by atoms with Gasteiger partial charge in [-0.25, -0.2) is 0 Å². The van der Waals surface area contributed by atoms with Crippen LogP contribution >= 0.6 is 0 Å². The Hall–Kier alpha value is -0.370. The molecular formula is C5H7O2. The molecule has 7 heavy (non-hydrogen) atoms. The van der Waals surface area contributed by atoms with Crippen LogP contribution in [-0.4, -0.2) is 19.0 Å². The molecule has 0 aliphatic carbocycles. The Balaban J connectivity index is 2.27. The Morgan fingerprint density at radius 3 is 2.29 bits per heavy atom. The van der Waals surface area contributed by atoms with Crippen molar-refractivity contribution in [3.8, 4) is 0 Å². The van der Waals surface area contributed by atoms with Crippen molar-refractivity contribution in [3.63, 3.8) is 0 Å². The maximum Gasteiger partial charge on any atom is 0.141 e. The lowest BCUT2D eigenvalue weighted by molar-refractivity contribution is -0.131. The lowest BCUT2D eigenvalue weighted by Gasteiger charge is -2.22. The van der Waals surface area contributed by atoms with E-state index in [9.17, 15) is 4.79 Å². The molecule has 0 unspecified atom stereocenters. The van der Waals surface area contributed by atoms with Crippen LogP contribution in [0.2, 0.25) is 0 Å². The van der Waals surface area contributed by atoms with Crippen LogP contribution in [0.4, 0.5) is 0 Å². The van der Waals surface area contributed by atoms with Crippen molar-refractivity contribution in [2.75, 3.05) is 13.2 Å². The highest BCUT2D eigenvalue weighted by molar-refractivity contribution is 5.85. The van der Waals surface area contributed by atoms with Gasteiger partial charge in [0.1, 0.15) is 5.78 Å². The van der Waals surface area contributed by atoms with Gasteiger partial charge in [-0.3, -0.25) is 4.79 Å². The van der Waals surface area contributed by atoms with Crippen molar-refractivity contribution >= 4 is 5.78 Å². The van der Waals surface area contributed by atoms with E-state index in [4.69, 9.17) is 4.74 Å². The highest BCUT2D eigenvalue weighted by Crippen LogP contribution is 2.09. The summed E-state index contributed by atoms with van der Waals surface area (Å²) in [4.78, 5) is 10.2. The average molecular weight is 99.1 g/mol. The van der Waals surface area contributed by atoms with Gasteiger partial charge in [0, 0.05) is 6.92 Å². The summed E-state index contributed by atoms with van der Waals surface area (Å²) in [5, 5.41) is 0. The molecule has 2 nitrogen and oxygen atoms in total. The third-order valence-corrected chi connectivity index (χ3v) is 1.09. The zero-order valence-corrected chi connectivity index (χ0v) is 4.02. The number of Topliss-reactive ketones (excluding diaryl/α,β-unsaturated/α-hetero) is 1. The normalized spacial score (nSPS) is 21.3. The second kappa shape index (κ2) is 1.62. The average Bonchev–Trinajstić information content (AvgIpc) is 1.23. The first-order chi connectivity index (χ1) is 3.30. The predicted octanol–water partition coefficient (Wildman–Crippen LogP) is 0.0360.